The number of carbonyl (C=O) groups is 2. The quantitative estimate of drug-likeness (QED) is 0.763. The van der Waals surface area contributed by atoms with Gasteiger partial charge in [-0.25, -0.2) is 0 Å². The highest BCUT2D eigenvalue weighted by Gasteiger charge is 2.51. The fourth-order valence-electron chi connectivity index (χ4n) is 3.16. The number of carbonyl (C=O) groups excluding carboxylic acids is 1. The van der Waals surface area contributed by atoms with Gasteiger partial charge in [-0.15, -0.1) is 0 Å². The van der Waals surface area contributed by atoms with E-state index in [0.717, 1.165) is 18.6 Å². The van der Waals surface area contributed by atoms with Crippen molar-refractivity contribution in [3.05, 3.63) is 0 Å². The van der Waals surface area contributed by atoms with Crippen molar-refractivity contribution >= 4 is 23.6 Å². The number of hydrogen-bond donors (Lipinski definition) is 2. The Bertz CT molecular complexity index is 350. The first-order chi connectivity index (χ1) is 8.56. The van der Waals surface area contributed by atoms with Crippen LogP contribution in [0.2, 0.25) is 0 Å². The lowest BCUT2D eigenvalue weighted by molar-refractivity contribution is -0.143. The monoisotopic (exact) mass is 272 g/mol. The van der Waals surface area contributed by atoms with E-state index in [9.17, 15) is 9.59 Å². The van der Waals surface area contributed by atoms with Gasteiger partial charge in [0, 0.05) is 12.1 Å². The second-order valence-corrected chi connectivity index (χ2v) is 6.10. The van der Waals surface area contributed by atoms with Crippen molar-refractivity contribution in [2.75, 3.05) is 12.0 Å². The maximum absolute atomic E-state index is 12.3. The standard InChI is InChI=1S/C12H20N2O3S/c1-18-5-4-9(13)11(15)14-7-2-3-10(14)8(6-7)12(16)17/h7-10H,2-6,13H2,1H3,(H,16,17)/t7?,8?,9-,10?/m1/s1. The number of carboxylic acids is 1. The molecule has 0 aromatic rings. The molecule has 102 valence electrons. The average molecular weight is 272 g/mol. The van der Waals surface area contributed by atoms with Crippen LogP contribution in [0.4, 0.5) is 0 Å². The third-order valence-corrected chi connectivity index (χ3v) is 4.70. The van der Waals surface area contributed by atoms with Gasteiger partial charge in [0.15, 0.2) is 0 Å². The molecule has 3 N–H and O–H groups in total. The van der Waals surface area contributed by atoms with Gasteiger partial charge in [0.2, 0.25) is 5.91 Å². The van der Waals surface area contributed by atoms with Crippen LogP contribution < -0.4 is 5.73 Å². The molecule has 18 heavy (non-hydrogen) atoms. The molecule has 3 unspecified atom stereocenters. The molecule has 0 aliphatic carbocycles. The summed E-state index contributed by atoms with van der Waals surface area (Å²) in [6.07, 6.45) is 4.98. The van der Waals surface area contributed by atoms with Crippen LogP contribution in [0.5, 0.6) is 0 Å². The van der Waals surface area contributed by atoms with E-state index < -0.39 is 12.0 Å². The number of fused-ring (bicyclic) bond motifs is 2. The van der Waals surface area contributed by atoms with Crippen LogP contribution in [0, 0.1) is 5.92 Å². The molecule has 0 aromatic heterocycles. The van der Waals surface area contributed by atoms with Gasteiger partial charge >= 0.3 is 5.97 Å². The Kier molecular flexibility index (Phi) is 4.17. The molecule has 6 heteroatoms. The molecule has 2 aliphatic heterocycles. The van der Waals surface area contributed by atoms with Gasteiger partial charge in [-0.05, 0) is 37.7 Å². The number of nitrogens with zero attached hydrogens (tertiary/aromatic N) is 1. The molecule has 0 spiro atoms. The topological polar surface area (TPSA) is 83.6 Å². The van der Waals surface area contributed by atoms with Crippen LogP contribution in [0.15, 0.2) is 0 Å². The Labute approximate surface area is 111 Å². The van der Waals surface area contributed by atoms with Crippen LogP contribution in [-0.4, -0.2) is 52.0 Å². The van der Waals surface area contributed by atoms with E-state index in [4.69, 9.17) is 10.8 Å². The van der Waals surface area contributed by atoms with Crippen LogP contribution in [0.25, 0.3) is 0 Å². The second-order valence-electron chi connectivity index (χ2n) is 5.11. The van der Waals surface area contributed by atoms with Crippen LogP contribution >= 0.6 is 11.8 Å². The lowest BCUT2D eigenvalue weighted by atomic mass is 9.89. The highest BCUT2D eigenvalue weighted by Crippen LogP contribution is 2.42. The van der Waals surface area contributed by atoms with Gasteiger partial charge in [0.05, 0.1) is 12.0 Å². The molecule has 2 aliphatic rings. The maximum atomic E-state index is 12.3. The van der Waals surface area contributed by atoms with Crippen LogP contribution in [0.1, 0.15) is 25.7 Å². The zero-order valence-corrected chi connectivity index (χ0v) is 11.4. The maximum Gasteiger partial charge on any atom is 0.308 e. The zero-order chi connectivity index (χ0) is 13.3. The summed E-state index contributed by atoms with van der Waals surface area (Å²) < 4.78 is 0. The number of aliphatic carboxylic acids is 1. The summed E-state index contributed by atoms with van der Waals surface area (Å²) >= 11 is 1.67. The van der Waals surface area contributed by atoms with Gasteiger partial charge < -0.3 is 15.7 Å². The van der Waals surface area contributed by atoms with E-state index in [-0.39, 0.29) is 23.9 Å². The first-order valence-corrected chi connectivity index (χ1v) is 7.75. The third kappa shape index (κ3) is 2.36. The number of nitrogens with two attached hydrogens (primary N) is 1. The first kappa shape index (κ1) is 13.7. The molecule has 2 rings (SSSR count). The molecular weight excluding hydrogens is 252 g/mol. The molecule has 4 atom stereocenters. The second kappa shape index (κ2) is 5.48. The fraction of sp³-hybridized carbons (Fsp3) is 0.833. The molecule has 2 saturated heterocycles. The Morgan fingerprint density at radius 3 is 2.78 bits per heavy atom. The number of hydrogen-bond acceptors (Lipinski definition) is 4. The van der Waals surface area contributed by atoms with Crippen LogP contribution in [-0.2, 0) is 9.59 Å². The normalized spacial score (nSPS) is 31.7. The lowest BCUT2D eigenvalue weighted by Crippen LogP contribution is -2.47. The number of carboxylic acid groups (broad SMARTS) is 1. The van der Waals surface area contributed by atoms with Crippen molar-refractivity contribution in [1.82, 2.24) is 4.90 Å². The summed E-state index contributed by atoms with van der Waals surface area (Å²) in [6.45, 7) is 0. The highest BCUT2D eigenvalue weighted by molar-refractivity contribution is 7.98. The van der Waals surface area contributed by atoms with E-state index in [0.29, 0.717) is 12.8 Å². The van der Waals surface area contributed by atoms with E-state index in [1.165, 1.54) is 0 Å². The minimum atomic E-state index is -0.780. The molecule has 2 bridgehead atoms. The minimum Gasteiger partial charge on any atom is -0.481 e. The summed E-state index contributed by atoms with van der Waals surface area (Å²) in [5, 5.41) is 9.14. The summed E-state index contributed by atoms with van der Waals surface area (Å²) in [6, 6.07) is -0.502. The molecule has 2 fully saturated rings. The van der Waals surface area contributed by atoms with E-state index >= 15 is 0 Å². The SMILES string of the molecule is CSCC[C@@H](N)C(=O)N1C2CCC1C(C(=O)O)C2. The zero-order valence-electron chi connectivity index (χ0n) is 10.5. The predicted octanol–water partition coefficient (Wildman–Crippen LogP) is 0.531. The van der Waals surface area contributed by atoms with Crippen molar-refractivity contribution in [1.29, 1.82) is 0 Å². The molecule has 1 amide bonds. The summed E-state index contributed by atoms with van der Waals surface area (Å²) in [5.41, 5.74) is 5.90. The molecular formula is C12H20N2O3S. The molecule has 0 aromatic carbocycles. The van der Waals surface area contributed by atoms with Crippen molar-refractivity contribution in [2.45, 2.75) is 43.8 Å². The smallest absolute Gasteiger partial charge is 0.308 e. The van der Waals surface area contributed by atoms with Gasteiger partial charge in [0.1, 0.15) is 0 Å². The van der Waals surface area contributed by atoms with Gasteiger partial charge in [0.25, 0.3) is 0 Å². The first-order valence-electron chi connectivity index (χ1n) is 6.35. The summed E-state index contributed by atoms with van der Waals surface area (Å²) in [4.78, 5) is 25.2. The third-order valence-electron chi connectivity index (χ3n) is 4.06. The fourth-order valence-corrected chi connectivity index (χ4v) is 3.65. The van der Waals surface area contributed by atoms with Crippen molar-refractivity contribution in [3.63, 3.8) is 0 Å². The Balaban J connectivity index is 2.01. The van der Waals surface area contributed by atoms with E-state index in [2.05, 4.69) is 0 Å². The Hall–Kier alpha value is -0.750. The number of amides is 1. The van der Waals surface area contributed by atoms with E-state index in [1.807, 2.05) is 6.26 Å². The van der Waals surface area contributed by atoms with Gasteiger partial charge in [-0.1, -0.05) is 0 Å². The largest absolute Gasteiger partial charge is 0.481 e. The molecule has 5 nitrogen and oxygen atoms in total. The van der Waals surface area contributed by atoms with E-state index in [1.54, 1.807) is 16.7 Å². The lowest BCUT2D eigenvalue weighted by Gasteiger charge is -2.26. The van der Waals surface area contributed by atoms with Gasteiger partial charge in [-0.2, -0.15) is 11.8 Å². The molecule has 2 heterocycles. The number of thioether (sulfide) groups is 1. The van der Waals surface area contributed by atoms with Crippen LogP contribution in [0.3, 0.4) is 0 Å². The Morgan fingerprint density at radius 1 is 1.50 bits per heavy atom. The van der Waals surface area contributed by atoms with Crippen molar-refractivity contribution < 1.29 is 14.7 Å². The van der Waals surface area contributed by atoms with Crippen molar-refractivity contribution in [2.24, 2.45) is 11.7 Å². The Morgan fingerprint density at radius 2 is 2.22 bits per heavy atom. The average Bonchev–Trinajstić information content (AvgIpc) is 2.92. The minimum absolute atomic E-state index is 0.0553. The van der Waals surface area contributed by atoms with Crippen molar-refractivity contribution in [3.8, 4) is 0 Å². The molecule has 0 saturated carbocycles. The number of rotatable bonds is 5. The highest BCUT2D eigenvalue weighted by atomic mass is 32.2. The molecule has 0 radical (unpaired) electrons. The van der Waals surface area contributed by atoms with Gasteiger partial charge in [-0.3, -0.25) is 9.59 Å². The summed E-state index contributed by atoms with van der Waals surface area (Å²) in [5.74, 6) is -0.364. The predicted molar refractivity (Wildman–Crippen MR) is 70.4 cm³/mol. The summed E-state index contributed by atoms with van der Waals surface area (Å²) in [7, 11) is 0.